The number of hydrogen-bond donors (Lipinski definition) is 0. The molecule has 0 radical (unpaired) electrons. The molecule has 0 bridgehead atoms. The Morgan fingerprint density at radius 2 is 1.82 bits per heavy atom. The van der Waals surface area contributed by atoms with Crippen molar-refractivity contribution in [1.82, 2.24) is 14.2 Å². The number of morpholine rings is 1. The second-order valence-electron chi connectivity index (χ2n) is 10.1. The van der Waals surface area contributed by atoms with Crippen molar-refractivity contribution in [3.05, 3.63) is 48.0 Å². The third-order valence-electron chi connectivity index (χ3n) is 7.67. The van der Waals surface area contributed by atoms with E-state index in [0.29, 0.717) is 37.0 Å². The number of amides is 1. The average molecular weight is 589 g/mol. The number of ether oxygens (including phenoxy) is 1. The molecule has 0 spiro atoms. The lowest BCUT2D eigenvalue weighted by atomic mass is 9.96. The highest BCUT2D eigenvalue weighted by Crippen LogP contribution is 2.33. The molecule has 39 heavy (non-hydrogen) atoms. The predicted molar refractivity (Wildman–Crippen MR) is 159 cm³/mol. The van der Waals surface area contributed by atoms with E-state index >= 15 is 0 Å². The number of nitrogens with zero attached hydrogens (tertiary/aromatic N) is 4. The summed E-state index contributed by atoms with van der Waals surface area (Å²) in [7, 11) is -1.95. The molecule has 0 atom stereocenters. The highest BCUT2D eigenvalue weighted by Gasteiger charge is 2.30. The van der Waals surface area contributed by atoms with Crippen molar-refractivity contribution >= 4 is 54.4 Å². The summed E-state index contributed by atoms with van der Waals surface area (Å²) >= 11 is 3.18. The van der Waals surface area contributed by atoms with E-state index in [9.17, 15) is 13.2 Å². The van der Waals surface area contributed by atoms with Gasteiger partial charge in [0, 0.05) is 49.7 Å². The van der Waals surface area contributed by atoms with Crippen LogP contribution in [0.3, 0.4) is 0 Å². The minimum absolute atomic E-state index is 0.0337. The summed E-state index contributed by atoms with van der Waals surface area (Å²) in [5.74, 6) is -0.183. The molecule has 0 N–H and O–H groups in total. The van der Waals surface area contributed by atoms with E-state index < -0.39 is 10.0 Å². The van der Waals surface area contributed by atoms with Gasteiger partial charge in [0.15, 0.2) is 5.13 Å². The van der Waals surface area contributed by atoms with Gasteiger partial charge < -0.3 is 4.74 Å². The van der Waals surface area contributed by atoms with Gasteiger partial charge >= 0.3 is 0 Å². The maximum atomic E-state index is 13.8. The summed E-state index contributed by atoms with van der Waals surface area (Å²) in [5, 5.41) is 0.648. The Morgan fingerprint density at radius 1 is 1.10 bits per heavy atom. The number of sulfonamides is 1. The zero-order valence-electron chi connectivity index (χ0n) is 22.5. The number of carbonyl (C=O) groups excluding carboxylic acids is 1. The van der Waals surface area contributed by atoms with Crippen LogP contribution in [0, 0.1) is 0 Å². The van der Waals surface area contributed by atoms with Crippen LogP contribution in [-0.2, 0) is 14.8 Å². The van der Waals surface area contributed by atoms with Crippen molar-refractivity contribution in [3.8, 4) is 0 Å². The van der Waals surface area contributed by atoms with E-state index in [-0.39, 0.29) is 16.8 Å². The van der Waals surface area contributed by atoms with Crippen molar-refractivity contribution in [1.29, 1.82) is 0 Å². The lowest BCUT2D eigenvalue weighted by Crippen LogP contribution is -2.43. The topological polar surface area (TPSA) is 83.0 Å². The molecular formula is C28H36N4O4S3. The Balaban J connectivity index is 1.39. The molecule has 0 unspecified atom stereocenters. The van der Waals surface area contributed by atoms with E-state index in [4.69, 9.17) is 9.72 Å². The largest absolute Gasteiger partial charge is 0.379 e. The number of carbonyl (C=O) groups is 1. The molecule has 2 heterocycles. The fraction of sp³-hybridized carbons (Fsp3) is 0.500. The van der Waals surface area contributed by atoms with Crippen LogP contribution in [0.15, 0.2) is 52.3 Å². The molecule has 3 aromatic rings. The Bertz CT molecular complexity index is 1380. The Hall–Kier alpha value is -2.02. The molecule has 210 valence electrons. The molecule has 5 rings (SSSR count). The van der Waals surface area contributed by atoms with Crippen molar-refractivity contribution in [3.63, 3.8) is 0 Å². The van der Waals surface area contributed by atoms with Gasteiger partial charge in [-0.05, 0) is 61.6 Å². The summed E-state index contributed by atoms with van der Waals surface area (Å²) in [6.45, 7) is 4.24. The molecule has 1 aliphatic heterocycles. The van der Waals surface area contributed by atoms with Crippen LogP contribution in [0.25, 0.3) is 10.2 Å². The highest BCUT2D eigenvalue weighted by molar-refractivity contribution is 7.98. The first-order chi connectivity index (χ1) is 18.9. The Morgan fingerprint density at radius 3 is 2.51 bits per heavy atom. The number of rotatable bonds is 9. The summed E-state index contributed by atoms with van der Waals surface area (Å²) in [5.41, 5.74) is 1.31. The van der Waals surface area contributed by atoms with Crippen molar-refractivity contribution in [2.45, 2.75) is 47.9 Å². The van der Waals surface area contributed by atoms with Crippen LogP contribution >= 0.6 is 23.1 Å². The number of hydrogen-bond acceptors (Lipinski definition) is 8. The summed E-state index contributed by atoms with van der Waals surface area (Å²) < 4.78 is 34.6. The number of thiazole rings is 1. The van der Waals surface area contributed by atoms with Crippen molar-refractivity contribution < 1.29 is 17.9 Å². The van der Waals surface area contributed by atoms with Crippen molar-refractivity contribution in [2.75, 3.05) is 57.6 Å². The van der Waals surface area contributed by atoms with Crippen LogP contribution in [0.4, 0.5) is 5.13 Å². The average Bonchev–Trinajstić information content (AvgIpc) is 3.40. The van der Waals surface area contributed by atoms with Crippen LogP contribution < -0.4 is 4.90 Å². The van der Waals surface area contributed by atoms with Gasteiger partial charge in [-0.15, -0.1) is 11.8 Å². The fourth-order valence-corrected chi connectivity index (χ4v) is 8.18. The summed E-state index contributed by atoms with van der Waals surface area (Å²) in [6, 6.07) is 12.6. The normalized spacial score (nSPS) is 17.6. The van der Waals surface area contributed by atoms with Crippen LogP contribution in [0.1, 0.15) is 42.5 Å². The van der Waals surface area contributed by atoms with E-state index in [1.54, 1.807) is 48.0 Å². The Labute approximate surface area is 239 Å². The molecule has 1 aromatic heterocycles. The first-order valence-electron chi connectivity index (χ1n) is 13.5. The summed E-state index contributed by atoms with van der Waals surface area (Å²) in [4.78, 5) is 24.0. The van der Waals surface area contributed by atoms with Gasteiger partial charge in [0.25, 0.3) is 5.91 Å². The molecule has 2 aromatic carbocycles. The van der Waals surface area contributed by atoms with E-state index in [1.807, 2.05) is 18.4 Å². The van der Waals surface area contributed by atoms with Gasteiger partial charge in [0.2, 0.25) is 10.0 Å². The SMILES string of the molecule is CSc1ccc2nc(N(CCN3CCOCC3)C(=O)c3ccc(S(=O)(=O)N(C)C4CCCCC4)cc3)sc2c1. The molecule has 1 aliphatic carbocycles. The molecule has 1 saturated heterocycles. The first-order valence-corrected chi connectivity index (χ1v) is 17.0. The molecule has 2 aliphatic rings. The summed E-state index contributed by atoms with van der Waals surface area (Å²) in [6.07, 6.45) is 7.11. The zero-order chi connectivity index (χ0) is 27.4. The van der Waals surface area contributed by atoms with Crippen LogP contribution in [-0.4, -0.2) is 87.3 Å². The van der Waals surface area contributed by atoms with E-state index in [0.717, 1.165) is 60.3 Å². The Kier molecular flexibility index (Phi) is 9.25. The minimum atomic E-state index is -3.62. The number of benzene rings is 2. The van der Waals surface area contributed by atoms with Crippen LogP contribution in [0.5, 0.6) is 0 Å². The molecular weight excluding hydrogens is 553 g/mol. The van der Waals surface area contributed by atoms with Gasteiger partial charge in [0.1, 0.15) is 0 Å². The second kappa shape index (κ2) is 12.7. The maximum Gasteiger partial charge on any atom is 0.260 e. The third kappa shape index (κ3) is 6.49. The maximum absolute atomic E-state index is 13.8. The van der Waals surface area contributed by atoms with Gasteiger partial charge in [-0.2, -0.15) is 4.31 Å². The van der Waals surface area contributed by atoms with Crippen LogP contribution in [0.2, 0.25) is 0 Å². The molecule has 1 amide bonds. The quantitative estimate of drug-likeness (QED) is 0.327. The standard InChI is InChI=1S/C28H36N4O4S3/c1-30(22-6-4-3-5-7-22)39(34,35)24-11-8-21(9-12-24)27(33)32(15-14-31-16-18-36-19-17-31)28-29-25-13-10-23(37-2)20-26(25)38-28/h8-13,20,22H,3-7,14-19H2,1-2H3. The molecule has 11 heteroatoms. The highest BCUT2D eigenvalue weighted by atomic mass is 32.2. The molecule has 8 nitrogen and oxygen atoms in total. The molecule has 1 saturated carbocycles. The first kappa shape index (κ1) is 28.5. The fourth-order valence-electron chi connectivity index (χ4n) is 5.22. The van der Waals surface area contributed by atoms with Gasteiger partial charge in [0.05, 0.1) is 28.3 Å². The smallest absolute Gasteiger partial charge is 0.260 e. The van der Waals surface area contributed by atoms with Gasteiger partial charge in [-0.25, -0.2) is 13.4 Å². The number of fused-ring (bicyclic) bond motifs is 1. The predicted octanol–water partition coefficient (Wildman–Crippen LogP) is 4.95. The van der Waals surface area contributed by atoms with E-state index in [1.165, 1.54) is 15.6 Å². The van der Waals surface area contributed by atoms with Gasteiger partial charge in [-0.1, -0.05) is 30.6 Å². The lowest BCUT2D eigenvalue weighted by Gasteiger charge is -2.30. The minimum Gasteiger partial charge on any atom is -0.379 e. The van der Waals surface area contributed by atoms with E-state index in [2.05, 4.69) is 11.0 Å². The van der Waals surface area contributed by atoms with Crippen molar-refractivity contribution in [2.24, 2.45) is 0 Å². The third-order valence-corrected chi connectivity index (χ3v) is 11.4. The number of aromatic nitrogens is 1. The number of thioether (sulfide) groups is 1. The lowest BCUT2D eigenvalue weighted by molar-refractivity contribution is 0.0391. The van der Waals surface area contributed by atoms with Gasteiger partial charge in [-0.3, -0.25) is 14.6 Å². The molecule has 2 fully saturated rings. The second-order valence-corrected chi connectivity index (χ2v) is 14.0. The monoisotopic (exact) mass is 588 g/mol. The zero-order valence-corrected chi connectivity index (χ0v) is 25.0. The number of anilines is 1.